The summed E-state index contributed by atoms with van der Waals surface area (Å²) in [5, 5.41) is 3.58. The highest BCUT2D eigenvalue weighted by Gasteiger charge is 2.11. The third-order valence-corrected chi connectivity index (χ3v) is 3.61. The minimum Gasteiger partial charge on any atom is -0.385 e. The Bertz CT molecular complexity index is 141. The van der Waals surface area contributed by atoms with Crippen molar-refractivity contribution in [3.63, 3.8) is 0 Å². The van der Waals surface area contributed by atoms with Crippen LogP contribution in [0.4, 0.5) is 0 Å². The molecule has 0 aromatic carbocycles. The fraction of sp³-hybridized carbons (Fsp3) is 1.00. The van der Waals surface area contributed by atoms with Crippen LogP contribution in [-0.4, -0.2) is 51.0 Å². The maximum atomic E-state index is 5.31. The molecule has 1 rings (SSSR count). The zero-order valence-electron chi connectivity index (χ0n) is 9.67. The monoisotopic (exact) mass is 233 g/mol. The van der Waals surface area contributed by atoms with Crippen LogP contribution >= 0.6 is 11.8 Å². The smallest absolute Gasteiger partial charge is 0.0480 e. The number of hydrogen-bond acceptors (Lipinski definition) is 4. The van der Waals surface area contributed by atoms with Gasteiger partial charge in [0.05, 0.1) is 0 Å². The van der Waals surface area contributed by atoms with Crippen molar-refractivity contribution in [3.8, 4) is 0 Å². The summed E-state index contributed by atoms with van der Waals surface area (Å²) >= 11 is 2.01. The molecule has 0 amide bonds. The second-order valence-corrected chi connectivity index (χ2v) is 5.02. The van der Waals surface area contributed by atoms with E-state index >= 15 is 0 Å². The van der Waals surface area contributed by atoms with Crippen LogP contribution in [0.5, 0.6) is 0 Å². The standard InChI is InChI=1S/C11H23NO2S/c1-13-6-2-9-15-10-5-12-11-3-7-14-8-4-11/h11-12H,2-10H2,1H3. The third kappa shape index (κ3) is 7.17. The molecule has 0 atom stereocenters. The number of ether oxygens (including phenoxy) is 2. The lowest BCUT2D eigenvalue weighted by Gasteiger charge is -2.23. The van der Waals surface area contributed by atoms with E-state index in [1.807, 2.05) is 11.8 Å². The molecule has 1 heterocycles. The topological polar surface area (TPSA) is 30.5 Å². The second kappa shape index (κ2) is 9.46. The SMILES string of the molecule is COCCCSCCNC1CCOCC1. The molecule has 0 bridgehead atoms. The Morgan fingerprint density at radius 3 is 2.87 bits per heavy atom. The van der Waals surface area contributed by atoms with Crippen LogP contribution in [0.3, 0.4) is 0 Å². The first-order valence-corrected chi connectivity index (χ1v) is 6.97. The lowest BCUT2D eigenvalue weighted by molar-refractivity contribution is 0.0786. The first-order chi connectivity index (χ1) is 7.43. The molecule has 0 aromatic rings. The normalized spacial score (nSPS) is 18.2. The summed E-state index contributed by atoms with van der Waals surface area (Å²) in [7, 11) is 1.76. The summed E-state index contributed by atoms with van der Waals surface area (Å²) < 4.78 is 10.3. The summed E-state index contributed by atoms with van der Waals surface area (Å²) in [4.78, 5) is 0. The van der Waals surface area contributed by atoms with Gasteiger partial charge in [-0.3, -0.25) is 0 Å². The molecule has 90 valence electrons. The fourth-order valence-electron chi connectivity index (χ4n) is 1.64. The van der Waals surface area contributed by atoms with E-state index in [0.717, 1.165) is 26.4 Å². The molecule has 0 radical (unpaired) electrons. The first kappa shape index (κ1) is 13.3. The Morgan fingerprint density at radius 1 is 1.33 bits per heavy atom. The van der Waals surface area contributed by atoms with E-state index in [1.54, 1.807) is 7.11 Å². The predicted octanol–water partition coefficient (Wildman–Crippen LogP) is 1.52. The van der Waals surface area contributed by atoms with Crippen molar-refractivity contribution < 1.29 is 9.47 Å². The number of rotatable bonds is 8. The van der Waals surface area contributed by atoms with Crippen molar-refractivity contribution >= 4 is 11.8 Å². The molecule has 1 aliphatic rings. The third-order valence-electron chi connectivity index (χ3n) is 2.54. The van der Waals surface area contributed by atoms with Gasteiger partial charge in [-0.2, -0.15) is 11.8 Å². The fourth-order valence-corrected chi connectivity index (χ4v) is 2.43. The lowest BCUT2D eigenvalue weighted by Crippen LogP contribution is -2.36. The van der Waals surface area contributed by atoms with Crippen LogP contribution in [-0.2, 0) is 9.47 Å². The summed E-state index contributed by atoms with van der Waals surface area (Å²) in [6, 6.07) is 0.693. The molecular formula is C11H23NO2S. The van der Waals surface area contributed by atoms with E-state index in [1.165, 1.54) is 30.8 Å². The molecule has 1 aliphatic heterocycles. The zero-order valence-corrected chi connectivity index (χ0v) is 10.5. The van der Waals surface area contributed by atoms with Crippen LogP contribution in [0, 0.1) is 0 Å². The van der Waals surface area contributed by atoms with Gasteiger partial charge in [-0.05, 0) is 25.0 Å². The molecule has 4 heteroatoms. The highest BCUT2D eigenvalue weighted by Crippen LogP contribution is 2.06. The van der Waals surface area contributed by atoms with E-state index in [0.29, 0.717) is 6.04 Å². The summed E-state index contributed by atoms with van der Waals surface area (Å²) in [6.45, 7) is 3.88. The van der Waals surface area contributed by atoms with Gasteiger partial charge in [0.1, 0.15) is 0 Å². The van der Waals surface area contributed by atoms with Gasteiger partial charge in [0.2, 0.25) is 0 Å². The summed E-state index contributed by atoms with van der Waals surface area (Å²) in [5.41, 5.74) is 0. The first-order valence-electron chi connectivity index (χ1n) is 5.81. The van der Waals surface area contributed by atoms with Gasteiger partial charge < -0.3 is 14.8 Å². The van der Waals surface area contributed by atoms with Gasteiger partial charge in [-0.25, -0.2) is 0 Å². The Morgan fingerprint density at radius 2 is 2.13 bits per heavy atom. The predicted molar refractivity (Wildman–Crippen MR) is 65.7 cm³/mol. The van der Waals surface area contributed by atoms with Gasteiger partial charge in [-0.1, -0.05) is 0 Å². The molecule has 0 saturated carbocycles. The van der Waals surface area contributed by atoms with Gasteiger partial charge in [0.25, 0.3) is 0 Å². The van der Waals surface area contributed by atoms with E-state index in [4.69, 9.17) is 9.47 Å². The van der Waals surface area contributed by atoms with E-state index in [2.05, 4.69) is 5.32 Å². The van der Waals surface area contributed by atoms with Gasteiger partial charge in [-0.15, -0.1) is 0 Å². The molecule has 0 spiro atoms. The van der Waals surface area contributed by atoms with E-state index in [-0.39, 0.29) is 0 Å². The average Bonchev–Trinajstić information content (AvgIpc) is 2.29. The molecule has 1 N–H and O–H groups in total. The van der Waals surface area contributed by atoms with Gasteiger partial charge >= 0.3 is 0 Å². The molecule has 1 saturated heterocycles. The van der Waals surface area contributed by atoms with Crippen molar-refractivity contribution in [2.45, 2.75) is 25.3 Å². The summed E-state index contributed by atoms with van der Waals surface area (Å²) in [5.74, 6) is 2.42. The van der Waals surface area contributed by atoms with Crippen LogP contribution < -0.4 is 5.32 Å². The Balaban J connectivity index is 1.79. The summed E-state index contributed by atoms with van der Waals surface area (Å²) in [6.07, 6.45) is 3.51. The van der Waals surface area contributed by atoms with E-state index in [9.17, 15) is 0 Å². The van der Waals surface area contributed by atoms with Gasteiger partial charge in [0.15, 0.2) is 0 Å². The minimum atomic E-state index is 0.693. The maximum Gasteiger partial charge on any atom is 0.0480 e. The lowest BCUT2D eigenvalue weighted by atomic mass is 10.1. The highest BCUT2D eigenvalue weighted by atomic mass is 32.2. The Labute approximate surface area is 97.3 Å². The van der Waals surface area contributed by atoms with Crippen molar-refractivity contribution in [1.82, 2.24) is 5.32 Å². The van der Waals surface area contributed by atoms with Crippen LogP contribution in [0.15, 0.2) is 0 Å². The molecule has 15 heavy (non-hydrogen) atoms. The van der Waals surface area contributed by atoms with Crippen LogP contribution in [0.1, 0.15) is 19.3 Å². The molecule has 3 nitrogen and oxygen atoms in total. The Hall–Kier alpha value is 0.230. The largest absolute Gasteiger partial charge is 0.385 e. The second-order valence-electron chi connectivity index (χ2n) is 3.80. The zero-order chi connectivity index (χ0) is 10.8. The van der Waals surface area contributed by atoms with Crippen molar-refractivity contribution in [1.29, 1.82) is 0 Å². The van der Waals surface area contributed by atoms with E-state index < -0.39 is 0 Å². The minimum absolute atomic E-state index is 0.693. The molecule has 1 fully saturated rings. The number of methoxy groups -OCH3 is 1. The van der Waals surface area contributed by atoms with Crippen molar-refractivity contribution in [3.05, 3.63) is 0 Å². The maximum absolute atomic E-state index is 5.31. The molecule has 0 aromatic heterocycles. The van der Waals surface area contributed by atoms with Crippen LogP contribution in [0.25, 0.3) is 0 Å². The number of thioether (sulfide) groups is 1. The molecular weight excluding hydrogens is 210 g/mol. The number of nitrogens with one attached hydrogen (secondary N) is 1. The highest BCUT2D eigenvalue weighted by molar-refractivity contribution is 7.99. The molecule has 0 aliphatic carbocycles. The number of hydrogen-bond donors (Lipinski definition) is 1. The quantitative estimate of drug-likeness (QED) is 0.644. The van der Waals surface area contributed by atoms with Gasteiger partial charge in [0, 0.05) is 45.3 Å². The average molecular weight is 233 g/mol. The Kier molecular flexibility index (Phi) is 8.38. The molecule has 0 unspecified atom stereocenters. The van der Waals surface area contributed by atoms with Crippen molar-refractivity contribution in [2.75, 3.05) is 45.0 Å². The van der Waals surface area contributed by atoms with Crippen molar-refractivity contribution in [2.24, 2.45) is 0 Å². The van der Waals surface area contributed by atoms with Crippen LogP contribution in [0.2, 0.25) is 0 Å².